The normalized spacial score (nSPS) is 15.4. The molecular weight excluding hydrogens is 392 g/mol. The second-order valence-corrected chi connectivity index (χ2v) is 8.74. The molecule has 0 radical (unpaired) electrons. The number of ether oxygens (including phenoxy) is 2. The third-order valence-electron chi connectivity index (χ3n) is 4.98. The van der Waals surface area contributed by atoms with E-state index in [2.05, 4.69) is 4.98 Å². The fraction of sp³-hybridized carbons (Fsp3) is 0.500. The van der Waals surface area contributed by atoms with E-state index in [9.17, 15) is 9.59 Å². The number of benzene rings is 1. The van der Waals surface area contributed by atoms with Crippen LogP contribution in [-0.2, 0) is 20.9 Å². The molecule has 2 aromatic rings. The van der Waals surface area contributed by atoms with Gasteiger partial charge in [-0.1, -0.05) is 29.8 Å². The number of fused-ring (bicyclic) bond motifs is 1. The lowest BCUT2D eigenvalue weighted by Gasteiger charge is -2.32. The Kier molecular flexibility index (Phi) is 6.32. The van der Waals surface area contributed by atoms with E-state index in [1.54, 1.807) is 4.90 Å². The molecule has 7 heteroatoms. The largest absolute Gasteiger partial charge is 0.459 e. The van der Waals surface area contributed by atoms with Gasteiger partial charge < -0.3 is 14.4 Å². The Morgan fingerprint density at radius 1 is 1.21 bits per heavy atom. The Labute approximate surface area is 176 Å². The first-order valence-corrected chi connectivity index (χ1v) is 10.2. The number of amides is 1. The molecule has 2 heterocycles. The van der Waals surface area contributed by atoms with Gasteiger partial charge in [0.2, 0.25) is 0 Å². The van der Waals surface area contributed by atoms with Crippen molar-refractivity contribution in [2.45, 2.75) is 52.7 Å². The quantitative estimate of drug-likeness (QED) is 0.664. The van der Waals surface area contributed by atoms with Gasteiger partial charge in [0.25, 0.3) is 0 Å². The molecule has 1 amide bonds. The number of aromatic nitrogens is 1. The molecule has 1 aromatic carbocycles. The number of rotatable bonds is 3. The van der Waals surface area contributed by atoms with Crippen molar-refractivity contribution in [2.75, 3.05) is 13.1 Å². The van der Waals surface area contributed by atoms with Gasteiger partial charge in [0, 0.05) is 18.5 Å². The summed E-state index contributed by atoms with van der Waals surface area (Å²) in [6.07, 6.45) is 0.762. The molecule has 0 atom stereocenters. The summed E-state index contributed by atoms with van der Waals surface area (Å²) < 4.78 is 10.9. The summed E-state index contributed by atoms with van der Waals surface area (Å²) in [7, 11) is 0. The number of carbonyl (C=O) groups is 2. The Bertz CT molecular complexity index is 915. The molecule has 3 rings (SSSR count). The number of aryl methyl sites for hydroxylation is 1. The molecule has 156 valence electrons. The summed E-state index contributed by atoms with van der Waals surface area (Å²) in [4.78, 5) is 30.8. The van der Waals surface area contributed by atoms with Crippen LogP contribution in [0.25, 0.3) is 10.9 Å². The van der Waals surface area contributed by atoms with Gasteiger partial charge in [-0.3, -0.25) is 4.79 Å². The van der Waals surface area contributed by atoms with Crippen molar-refractivity contribution in [3.63, 3.8) is 0 Å². The van der Waals surface area contributed by atoms with E-state index in [-0.39, 0.29) is 24.6 Å². The molecule has 0 spiro atoms. The molecule has 1 aromatic heterocycles. The molecule has 0 bridgehead atoms. The van der Waals surface area contributed by atoms with Crippen LogP contribution in [0.2, 0.25) is 5.02 Å². The van der Waals surface area contributed by atoms with E-state index in [1.165, 1.54) is 0 Å². The van der Waals surface area contributed by atoms with Crippen LogP contribution >= 0.6 is 11.6 Å². The van der Waals surface area contributed by atoms with Gasteiger partial charge in [-0.25, -0.2) is 9.78 Å². The van der Waals surface area contributed by atoms with Crippen LogP contribution in [0.15, 0.2) is 24.3 Å². The highest BCUT2D eigenvalue weighted by Gasteiger charge is 2.30. The van der Waals surface area contributed by atoms with Crippen LogP contribution in [0.1, 0.15) is 44.9 Å². The molecular formula is C22H27ClN2O4. The van der Waals surface area contributed by atoms with Gasteiger partial charge >= 0.3 is 12.1 Å². The number of pyridine rings is 1. The summed E-state index contributed by atoms with van der Waals surface area (Å²) in [6.45, 7) is 8.43. The van der Waals surface area contributed by atoms with Crippen LogP contribution < -0.4 is 0 Å². The fourth-order valence-electron chi connectivity index (χ4n) is 3.39. The molecule has 1 saturated heterocycles. The lowest BCUT2D eigenvalue weighted by molar-refractivity contribution is -0.151. The fourth-order valence-corrected chi connectivity index (χ4v) is 3.59. The van der Waals surface area contributed by atoms with Crippen LogP contribution in [0.4, 0.5) is 4.79 Å². The first-order chi connectivity index (χ1) is 13.7. The molecule has 1 aliphatic rings. The second-order valence-electron chi connectivity index (χ2n) is 8.36. The standard InChI is InChI=1S/C22H27ClN2O4/c1-14-16-7-5-6-8-17(16)24-18(19(14)23)13-28-20(26)15-9-11-25(12-10-15)21(27)29-22(2,3)4/h5-8,15H,9-13H2,1-4H3. The number of esters is 1. The lowest BCUT2D eigenvalue weighted by Crippen LogP contribution is -2.43. The topological polar surface area (TPSA) is 68.7 Å². The van der Waals surface area contributed by atoms with Crippen molar-refractivity contribution in [3.05, 3.63) is 40.5 Å². The Balaban J connectivity index is 1.57. The summed E-state index contributed by atoms with van der Waals surface area (Å²) in [6, 6.07) is 7.74. The maximum absolute atomic E-state index is 12.5. The van der Waals surface area contributed by atoms with Gasteiger partial charge in [0.05, 0.1) is 22.2 Å². The van der Waals surface area contributed by atoms with Crippen LogP contribution in [0.3, 0.4) is 0 Å². The average Bonchev–Trinajstić information content (AvgIpc) is 2.68. The predicted octanol–water partition coefficient (Wildman–Crippen LogP) is 4.89. The zero-order chi connectivity index (χ0) is 21.2. The lowest BCUT2D eigenvalue weighted by atomic mass is 9.97. The zero-order valence-electron chi connectivity index (χ0n) is 17.3. The number of hydrogen-bond acceptors (Lipinski definition) is 5. The number of halogens is 1. The van der Waals surface area contributed by atoms with E-state index >= 15 is 0 Å². The molecule has 29 heavy (non-hydrogen) atoms. The Hall–Kier alpha value is -2.34. The van der Waals surface area contributed by atoms with Crippen molar-refractivity contribution >= 4 is 34.6 Å². The number of likely N-dealkylation sites (tertiary alicyclic amines) is 1. The average molecular weight is 419 g/mol. The summed E-state index contributed by atoms with van der Waals surface area (Å²) in [5, 5.41) is 1.51. The van der Waals surface area contributed by atoms with Gasteiger partial charge in [0.1, 0.15) is 12.2 Å². The number of para-hydroxylation sites is 1. The molecule has 0 saturated carbocycles. The molecule has 0 aliphatic carbocycles. The Morgan fingerprint density at radius 2 is 1.86 bits per heavy atom. The van der Waals surface area contributed by atoms with Crippen molar-refractivity contribution in [1.82, 2.24) is 9.88 Å². The number of hydrogen-bond donors (Lipinski definition) is 0. The maximum atomic E-state index is 12.5. The van der Waals surface area contributed by atoms with Crippen molar-refractivity contribution in [3.8, 4) is 0 Å². The minimum Gasteiger partial charge on any atom is -0.459 e. The predicted molar refractivity (Wildman–Crippen MR) is 112 cm³/mol. The van der Waals surface area contributed by atoms with Gasteiger partial charge in [-0.15, -0.1) is 0 Å². The third kappa shape index (κ3) is 5.18. The monoisotopic (exact) mass is 418 g/mol. The summed E-state index contributed by atoms with van der Waals surface area (Å²) in [5.74, 6) is -0.522. The molecule has 0 N–H and O–H groups in total. The molecule has 6 nitrogen and oxygen atoms in total. The maximum Gasteiger partial charge on any atom is 0.410 e. The first-order valence-electron chi connectivity index (χ1n) is 9.84. The van der Waals surface area contributed by atoms with Crippen LogP contribution in [-0.4, -0.2) is 40.6 Å². The smallest absolute Gasteiger partial charge is 0.410 e. The Morgan fingerprint density at radius 3 is 2.52 bits per heavy atom. The third-order valence-corrected chi connectivity index (χ3v) is 5.48. The first kappa shape index (κ1) is 21.4. The van der Waals surface area contributed by atoms with Crippen LogP contribution in [0.5, 0.6) is 0 Å². The highest BCUT2D eigenvalue weighted by atomic mass is 35.5. The minimum absolute atomic E-state index is 0.0373. The highest BCUT2D eigenvalue weighted by Crippen LogP contribution is 2.28. The van der Waals surface area contributed by atoms with Crippen molar-refractivity contribution in [1.29, 1.82) is 0 Å². The van der Waals surface area contributed by atoms with Gasteiger partial charge in [0.15, 0.2) is 0 Å². The van der Waals surface area contributed by atoms with E-state index in [1.807, 2.05) is 52.0 Å². The van der Waals surface area contributed by atoms with Gasteiger partial charge in [-0.05, 0) is 52.2 Å². The number of piperidine rings is 1. The van der Waals surface area contributed by atoms with Gasteiger partial charge in [-0.2, -0.15) is 0 Å². The van der Waals surface area contributed by atoms with E-state index in [0.29, 0.717) is 36.6 Å². The van der Waals surface area contributed by atoms with E-state index < -0.39 is 5.60 Å². The van der Waals surface area contributed by atoms with Crippen LogP contribution in [0, 0.1) is 12.8 Å². The van der Waals surface area contributed by atoms with E-state index in [0.717, 1.165) is 16.5 Å². The van der Waals surface area contributed by atoms with E-state index in [4.69, 9.17) is 21.1 Å². The molecule has 1 aliphatic heterocycles. The number of carbonyl (C=O) groups excluding carboxylic acids is 2. The molecule has 0 unspecified atom stereocenters. The van der Waals surface area contributed by atoms with Crippen molar-refractivity contribution in [2.24, 2.45) is 5.92 Å². The zero-order valence-corrected chi connectivity index (χ0v) is 18.1. The summed E-state index contributed by atoms with van der Waals surface area (Å²) >= 11 is 6.44. The van der Waals surface area contributed by atoms with Crippen molar-refractivity contribution < 1.29 is 19.1 Å². The second kappa shape index (κ2) is 8.57. The number of nitrogens with zero attached hydrogens (tertiary/aromatic N) is 2. The highest BCUT2D eigenvalue weighted by molar-refractivity contribution is 6.32. The molecule has 1 fully saturated rings. The SMILES string of the molecule is Cc1c(Cl)c(COC(=O)C2CCN(C(=O)OC(C)(C)C)CC2)nc2ccccc12. The summed E-state index contributed by atoms with van der Waals surface area (Å²) in [5.41, 5.74) is 1.78. The minimum atomic E-state index is -0.531.